The second-order valence-corrected chi connectivity index (χ2v) is 4.79. The summed E-state index contributed by atoms with van der Waals surface area (Å²) < 4.78 is 0. The summed E-state index contributed by atoms with van der Waals surface area (Å²) in [6.45, 7) is 2.40. The monoisotopic (exact) mass is 262 g/mol. The molecule has 0 radical (unpaired) electrons. The molecule has 0 saturated heterocycles. The van der Waals surface area contributed by atoms with Gasteiger partial charge in [-0.15, -0.1) is 11.3 Å². The van der Waals surface area contributed by atoms with Crippen LogP contribution in [0.25, 0.3) is 0 Å². The number of pyridine rings is 1. The number of rotatable bonds is 4. The van der Waals surface area contributed by atoms with Crippen molar-refractivity contribution in [1.82, 2.24) is 15.3 Å². The number of aryl methyl sites for hydroxylation is 1. The minimum atomic E-state index is -0.0784. The van der Waals surface area contributed by atoms with Gasteiger partial charge in [0.1, 0.15) is 0 Å². The summed E-state index contributed by atoms with van der Waals surface area (Å²) in [5.74, 6) is -0.0784. The summed E-state index contributed by atoms with van der Waals surface area (Å²) >= 11 is 1.34. The second-order valence-electron chi connectivity index (χ2n) is 3.90. The first-order valence-corrected chi connectivity index (χ1v) is 6.40. The lowest BCUT2D eigenvalue weighted by Crippen LogP contribution is -2.25. The molecule has 0 unspecified atom stereocenters. The fourth-order valence-electron chi connectivity index (χ4n) is 1.52. The van der Waals surface area contributed by atoms with Gasteiger partial charge in [-0.2, -0.15) is 0 Å². The molecule has 2 aromatic rings. The fraction of sp³-hybridized carbons (Fsp3) is 0.250. The minimum absolute atomic E-state index is 0.0784. The summed E-state index contributed by atoms with van der Waals surface area (Å²) in [6.07, 6.45) is 1.97. The maximum Gasteiger partial charge on any atom is 0.226 e. The number of nitrogens with one attached hydrogen (secondary N) is 1. The van der Waals surface area contributed by atoms with Gasteiger partial charge in [0.15, 0.2) is 5.13 Å². The minimum Gasteiger partial charge on any atom is -0.375 e. The number of hydrogen-bond donors (Lipinski definition) is 2. The fourth-order valence-corrected chi connectivity index (χ4v) is 2.08. The maximum absolute atomic E-state index is 11.7. The Kier molecular flexibility index (Phi) is 3.88. The van der Waals surface area contributed by atoms with Gasteiger partial charge in [-0.1, -0.05) is 6.07 Å². The van der Waals surface area contributed by atoms with Crippen LogP contribution < -0.4 is 11.1 Å². The maximum atomic E-state index is 11.7. The van der Waals surface area contributed by atoms with E-state index in [0.717, 1.165) is 11.3 Å². The molecule has 18 heavy (non-hydrogen) atoms. The third-order valence-electron chi connectivity index (χ3n) is 2.48. The largest absolute Gasteiger partial charge is 0.375 e. The molecule has 0 aliphatic heterocycles. The molecule has 2 aromatic heterocycles. The van der Waals surface area contributed by atoms with Crippen LogP contribution in [-0.4, -0.2) is 15.9 Å². The lowest BCUT2D eigenvalue weighted by Gasteiger charge is -2.05. The third-order valence-corrected chi connectivity index (χ3v) is 3.20. The Labute approximate surface area is 109 Å². The lowest BCUT2D eigenvalue weighted by atomic mass is 10.2. The van der Waals surface area contributed by atoms with Gasteiger partial charge in [0.05, 0.1) is 24.4 Å². The van der Waals surface area contributed by atoms with Gasteiger partial charge in [-0.25, -0.2) is 4.98 Å². The number of carbonyl (C=O) groups excluding carboxylic acids is 1. The zero-order valence-corrected chi connectivity index (χ0v) is 10.8. The van der Waals surface area contributed by atoms with Crippen LogP contribution in [0.5, 0.6) is 0 Å². The Morgan fingerprint density at radius 2 is 2.39 bits per heavy atom. The van der Waals surface area contributed by atoms with Crippen molar-refractivity contribution in [2.24, 2.45) is 0 Å². The van der Waals surface area contributed by atoms with Crippen LogP contribution in [0.3, 0.4) is 0 Å². The molecule has 0 atom stereocenters. The van der Waals surface area contributed by atoms with Crippen molar-refractivity contribution in [3.8, 4) is 0 Å². The number of nitrogens with two attached hydrogens (primary N) is 1. The molecule has 0 aromatic carbocycles. The van der Waals surface area contributed by atoms with E-state index in [2.05, 4.69) is 15.3 Å². The number of nitrogens with zero attached hydrogens (tertiary/aromatic N) is 2. The smallest absolute Gasteiger partial charge is 0.226 e. The van der Waals surface area contributed by atoms with E-state index in [0.29, 0.717) is 17.4 Å². The molecular weight excluding hydrogens is 248 g/mol. The van der Waals surface area contributed by atoms with Crippen LogP contribution in [0.1, 0.15) is 17.0 Å². The first-order valence-electron chi connectivity index (χ1n) is 5.52. The first kappa shape index (κ1) is 12.5. The van der Waals surface area contributed by atoms with Crippen molar-refractivity contribution in [3.05, 3.63) is 40.7 Å². The van der Waals surface area contributed by atoms with Gasteiger partial charge in [-0.3, -0.25) is 9.78 Å². The second kappa shape index (κ2) is 5.59. The van der Waals surface area contributed by atoms with Gasteiger partial charge in [0.2, 0.25) is 5.91 Å². The number of anilines is 1. The molecule has 0 saturated carbocycles. The van der Waals surface area contributed by atoms with E-state index in [1.165, 1.54) is 11.3 Å². The molecule has 6 heteroatoms. The molecular formula is C12H14N4OS. The highest BCUT2D eigenvalue weighted by Crippen LogP contribution is 2.11. The highest BCUT2D eigenvalue weighted by molar-refractivity contribution is 7.13. The Morgan fingerprint density at radius 3 is 3.06 bits per heavy atom. The van der Waals surface area contributed by atoms with Gasteiger partial charge in [0, 0.05) is 11.6 Å². The summed E-state index contributed by atoms with van der Waals surface area (Å²) in [7, 11) is 0. The zero-order chi connectivity index (χ0) is 13.0. The van der Waals surface area contributed by atoms with Crippen LogP contribution in [0.4, 0.5) is 5.13 Å². The molecule has 2 heterocycles. The van der Waals surface area contributed by atoms with E-state index < -0.39 is 0 Å². The average molecular weight is 262 g/mol. The molecule has 0 fully saturated rings. The van der Waals surface area contributed by atoms with Crippen molar-refractivity contribution in [1.29, 1.82) is 0 Å². The Morgan fingerprint density at radius 1 is 1.56 bits per heavy atom. The molecule has 3 N–H and O–H groups in total. The average Bonchev–Trinajstić information content (AvgIpc) is 2.74. The van der Waals surface area contributed by atoms with E-state index in [9.17, 15) is 4.79 Å². The Hall–Kier alpha value is -1.95. The van der Waals surface area contributed by atoms with E-state index in [1.807, 2.05) is 19.1 Å². The van der Waals surface area contributed by atoms with Gasteiger partial charge in [0.25, 0.3) is 0 Å². The predicted octanol–water partition coefficient (Wildman–Crippen LogP) is 1.29. The molecule has 0 bridgehead atoms. The summed E-state index contributed by atoms with van der Waals surface area (Å²) in [5, 5.41) is 5.10. The van der Waals surface area contributed by atoms with Crippen LogP contribution in [-0.2, 0) is 17.8 Å². The van der Waals surface area contributed by atoms with Gasteiger partial charge in [-0.05, 0) is 18.6 Å². The Bertz CT molecular complexity index is 553. The predicted molar refractivity (Wildman–Crippen MR) is 71.1 cm³/mol. The Balaban J connectivity index is 1.87. The molecule has 0 aliphatic carbocycles. The van der Waals surface area contributed by atoms with Crippen molar-refractivity contribution in [2.45, 2.75) is 19.9 Å². The lowest BCUT2D eigenvalue weighted by molar-refractivity contribution is -0.120. The topological polar surface area (TPSA) is 80.9 Å². The first-order chi connectivity index (χ1) is 8.65. The number of amides is 1. The molecule has 0 aliphatic rings. The molecule has 94 valence electrons. The highest BCUT2D eigenvalue weighted by Gasteiger charge is 2.07. The van der Waals surface area contributed by atoms with Crippen molar-refractivity contribution < 1.29 is 4.79 Å². The molecule has 1 amide bonds. The molecule has 5 nitrogen and oxygen atoms in total. The van der Waals surface area contributed by atoms with E-state index in [1.54, 1.807) is 11.6 Å². The summed E-state index contributed by atoms with van der Waals surface area (Å²) in [4.78, 5) is 19.9. The standard InChI is InChI=1S/C12H14N4OS/c1-8-3-2-4-14-10(8)6-15-11(17)5-9-7-18-12(13)16-9/h2-4,7H,5-6H2,1H3,(H2,13,16)(H,15,17). The van der Waals surface area contributed by atoms with Crippen molar-refractivity contribution in [3.63, 3.8) is 0 Å². The number of carbonyl (C=O) groups is 1. The van der Waals surface area contributed by atoms with E-state index in [4.69, 9.17) is 5.73 Å². The van der Waals surface area contributed by atoms with Crippen molar-refractivity contribution in [2.75, 3.05) is 5.73 Å². The summed E-state index contributed by atoms with van der Waals surface area (Å²) in [6, 6.07) is 3.84. The van der Waals surface area contributed by atoms with E-state index >= 15 is 0 Å². The van der Waals surface area contributed by atoms with Crippen LogP contribution in [0.2, 0.25) is 0 Å². The van der Waals surface area contributed by atoms with Crippen LogP contribution in [0.15, 0.2) is 23.7 Å². The number of aromatic nitrogens is 2. The van der Waals surface area contributed by atoms with Gasteiger partial charge >= 0.3 is 0 Å². The normalized spacial score (nSPS) is 10.3. The van der Waals surface area contributed by atoms with Crippen LogP contribution in [0, 0.1) is 6.92 Å². The van der Waals surface area contributed by atoms with Crippen molar-refractivity contribution >= 4 is 22.4 Å². The summed E-state index contributed by atoms with van der Waals surface area (Å²) in [5.41, 5.74) is 8.15. The number of thiazole rings is 1. The zero-order valence-electron chi connectivity index (χ0n) is 10.0. The highest BCUT2D eigenvalue weighted by atomic mass is 32.1. The van der Waals surface area contributed by atoms with Crippen LogP contribution >= 0.6 is 11.3 Å². The number of nitrogen functional groups attached to an aromatic ring is 1. The molecule has 2 rings (SSSR count). The quantitative estimate of drug-likeness (QED) is 0.870. The van der Waals surface area contributed by atoms with E-state index in [-0.39, 0.29) is 12.3 Å². The third kappa shape index (κ3) is 3.27. The molecule has 0 spiro atoms. The number of hydrogen-bond acceptors (Lipinski definition) is 5. The SMILES string of the molecule is Cc1cccnc1CNC(=O)Cc1csc(N)n1. The van der Waals surface area contributed by atoms with Gasteiger partial charge < -0.3 is 11.1 Å².